The molecular weight excluding hydrogens is 175 g/mol. The highest BCUT2D eigenvalue weighted by Gasteiger charge is 2.36. The van der Waals surface area contributed by atoms with Crippen molar-refractivity contribution < 1.29 is 18.7 Å². The molecule has 1 atom stereocenters. The highest BCUT2D eigenvalue weighted by atomic mass is 19.1. The minimum absolute atomic E-state index is 0.137. The summed E-state index contributed by atoms with van der Waals surface area (Å²) in [7, 11) is 0. The Hall–Kier alpha value is -0.930. The molecule has 0 radical (unpaired) electrons. The quantitative estimate of drug-likeness (QED) is 0.482. The Labute approximate surface area is 76.3 Å². The lowest BCUT2D eigenvalue weighted by atomic mass is 10.1. The maximum atomic E-state index is 13.0. The number of rotatable bonds is 5. The summed E-state index contributed by atoms with van der Waals surface area (Å²) in [6.07, 6.45) is -0.360. The summed E-state index contributed by atoms with van der Waals surface area (Å²) < 4.78 is 17.6. The van der Waals surface area contributed by atoms with Gasteiger partial charge in [-0.15, -0.1) is 0 Å². The van der Waals surface area contributed by atoms with E-state index in [2.05, 4.69) is 4.74 Å². The van der Waals surface area contributed by atoms with Gasteiger partial charge in [-0.25, -0.2) is 4.39 Å². The lowest BCUT2D eigenvalue weighted by molar-refractivity contribution is -0.146. The van der Waals surface area contributed by atoms with E-state index in [1.54, 1.807) is 6.92 Å². The number of ether oxygens (including phenoxy) is 1. The molecule has 3 nitrogen and oxygen atoms in total. The van der Waals surface area contributed by atoms with Gasteiger partial charge in [0.15, 0.2) is 12.0 Å². The van der Waals surface area contributed by atoms with Crippen LogP contribution in [0.2, 0.25) is 0 Å². The van der Waals surface area contributed by atoms with Crippen LogP contribution in [0.4, 0.5) is 4.39 Å². The monoisotopic (exact) mass is 188 g/mol. The molecule has 0 aromatic heterocycles. The molecule has 74 valence electrons. The normalized spacial score (nSPS) is 18.0. The largest absolute Gasteiger partial charge is 0.466 e. The molecule has 0 heterocycles. The average Bonchev–Trinajstić information content (AvgIpc) is 2.85. The molecule has 13 heavy (non-hydrogen) atoms. The van der Waals surface area contributed by atoms with Crippen molar-refractivity contribution in [3.63, 3.8) is 0 Å². The van der Waals surface area contributed by atoms with E-state index in [0.29, 0.717) is 0 Å². The Morgan fingerprint density at radius 2 is 2.15 bits per heavy atom. The molecule has 0 aromatic rings. The Kier molecular flexibility index (Phi) is 3.39. The first-order valence-corrected chi connectivity index (χ1v) is 4.47. The Bertz CT molecular complexity index is 211. The van der Waals surface area contributed by atoms with Crippen molar-refractivity contribution in [2.45, 2.75) is 32.4 Å². The summed E-state index contributed by atoms with van der Waals surface area (Å²) in [5, 5.41) is 0. The van der Waals surface area contributed by atoms with Crippen LogP contribution in [-0.2, 0) is 14.3 Å². The molecule has 4 heteroatoms. The number of carbonyl (C=O) groups excluding carboxylic acids is 2. The van der Waals surface area contributed by atoms with Crippen LogP contribution >= 0.6 is 0 Å². The van der Waals surface area contributed by atoms with Crippen LogP contribution in [0.15, 0.2) is 0 Å². The predicted octanol–water partition coefficient (Wildman–Crippen LogP) is 1.26. The Morgan fingerprint density at radius 1 is 1.54 bits per heavy atom. The van der Waals surface area contributed by atoms with Crippen molar-refractivity contribution in [1.29, 1.82) is 0 Å². The van der Waals surface area contributed by atoms with Crippen LogP contribution in [0, 0.1) is 5.92 Å². The van der Waals surface area contributed by atoms with E-state index in [0.717, 1.165) is 12.8 Å². The number of esters is 1. The maximum absolute atomic E-state index is 13.0. The third kappa shape index (κ3) is 3.13. The van der Waals surface area contributed by atoms with E-state index in [1.165, 1.54) is 0 Å². The zero-order valence-corrected chi connectivity index (χ0v) is 7.59. The van der Waals surface area contributed by atoms with Crippen LogP contribution < -0.4 is 0 Å². The standard InChI is InChI=1S/C9H13FO3/c1-2-13-8(12)5-7(11)9(10)6-3-4-6/h6,9H,2-5H2,1H3. The van der Waals surface area contributed by atoms with Crippen molar-refractivity contribution in [2.24, 2.45) is 5.92 Å². The first-order chi connectivity index (χ1) is 6.15. The molecule has 0 bridgehead atoms. The van der Waals surface area contributed by atoms with Crippen molar-refractivity contribution >= 4 is 11.8 Å². The summed E-state index contributed by atoms with van der Waals surface area (Å²) in [6.45, 7) is 1.88. The molecule has 0 aliphatic heterocycles. The van der Waals surface area contributed by atoms with Crippen LogP contribution in [0.25, 0.3) is 0 Å². The molecule has 1 aliphatic rings. The van der Waals surface area contributed by atoms with Gasteiger partial charge in [0.05, 0.1) is 6.61 Å². The number of alkyl halides is 1. The number of hydrogen-bond donors (Lipinski definition) is 0. The summed E-state index contributed by atoms with van der Waals surface area (Å²) in [5.74, 6) is -1.40. The molecule has 1 saturated carbocycles. The third-order valence-electron chi connectivity index (χ3n) is 1.97. The second-order valence-electron chi connectivity index (χ2n) is 3.19. The lowest BCUT2D eigenvalue weighted by Crippen LogP contribution is -2.22. The fraction of sp³-hybridized carbons (Fsp3) is 0.778. The molecule has 0 aromatic carbocycles. The first-order valence-electron chi connectivity index (χ1n) is 4.47. The molecule has 1 fully saturated rings. The molecule has 0 N–H and O–H groups in total. The van der Waals surface area contributed by atoms with Gasteiger partial charge in [-0.05, 0) is 25.7 Å². The molecule has 0 saturated heterocycles. The van der Waals surface area contributed by atoms with Crippen LogP contribution in [-0.4, -0.2) is 24.5 Å². The second-order valence-corrected chi connectivity index (χ2v) is 3.19. The fourth-order valence-electron chi connectivity index (χ4n) is 1.10. The van der Waals surface area contributed by atoms with Crippen molar-refractivity contribution in [2.75, 3.05) is 6.61 Å². The minimum Gasteiger partial charge on any atom is -0.466 e. The van der Waals surface area contributed by atoms with Crippen molar-refractivity contribution in [3.05, 3.63) is 0 Å². The maximum Gasteiger partial charge on any atom is 0.313 e. The van der Waals surface area contributed by atoms with E-state index >= 15 is 0 Å². The SMILES string of the molecule is CCOC(=O)CC(=O)C(F)C1CC1. The van der Waals surface area contributed by atoms with Gasteiger partial charge in [-0.1, -0.05) is 0 Å². The summed E-state index contributed by atoms with van der Waals surface area (Å²) >= 11 is 0. The number of halogens is 1. The van der Waals surface area contributed by atoms with Crippen LogP contribution in [0.5, 0.6) is 0 Å². The van der Waals surface area contributed by atoms with E-state index in [-0.39, 0.29) is 12.5 Å². The van der Waals surface area contributed by atoms with Crippen molar-refractivity contribution in [3.8, 4) is 0 Å². The van der Waals surface area contributed by atoms with Gasteiger partial charge in [-0.2, -0.15) is 0 Å². The highest BCUT2D eigenvalue weighted by molar-refractivity contribution is 5.98. The number of hydrogen-bond acceptors (Lipinski definition) is 3. The van der Waals surface area contributed by atoms with Gasteiger partial charge < -0.3 is 4.74 Å². The summed E-state index contributed by atoms with van der Waals surface area (Å²) in [6, 6.07) is 0. The minimum atomic E-state index is -1.45. The second kappa shape index (κ2) is 4.35. The van der Waals surface area contributed by atoms with E-state index in [9.17, 15) is 14.0 Å². The molecule has 1 rings (SSSR count). The molecule has 0 amide bonds. The number of ketones is 1. The molecular formula is C9H13FO3. The van der Waals surface area contributed by atoms with Gasteiger partial charge >= 0.3 is 5.97 Å². The van der Waals surface area contributed by atoms with E-state index in [4.69, 9.17) is 0 Å². The number of carbonyl (C=O) groups is 2. The smallest absolute Gasteiger partial charge is 0.313 e. The fourth-order valence-corrected chi connectivity index (χ4v) is 1.10. The summed E-state index contributed by atoms with van der Waals surface area (Å²) in [5.41, 5.74) is 0. The zero-order valence-electron chi connectivity index (χ0n) is 7.59. The predicted molar refractivity (Wildman–Crippen MR) is 43.9 cm³/mol. The van der Waals surface area contributed by atoms with Crippen molar-refractivity contribution in [1.82, 2.24) is 0 Å². The number of Topliss-reactive ketones (excluding diaryl/α,β-unsaturated/α-hetero) is 1. The first kappa shape index (κ1) is 10.2. The van der Waals surface area contributed by atoms with E-state index < -0.39 is 24.3 Å². The Balaban J connectivity index is 2.26. The zero-order chi connectivity index (χ0) is 9.84. The van der Waals surface area contributed by atoms with Crippen LogP contribution in [0.3, 0.4) is 0 Å². The molecule has 1 aliphatic carbocycles. The topological polar surface area (TPSA) is 43.4 Å². The van der Waals surface area contributed by atoms with E-state index in [1.807, 2.05) is 0 Å². The van der Waals surface area contributed by atoms with Crippen LogP contribution in [0.1, 0.15) is 26.2 Å². The van der Waals surface area contributed by atoms with Gasteiger partial charge in [0, 0.05) is 0 Å². The van der Waals surface area contributed by atoms with Gasteiger partial charge in [0.25, 0.3) is 0 Å². The molecule has 1 unspecified atom stereocenters. The lowest BCUT2D eigenvalue weighted by Gasteiger charge is -2.04. The summed E-state index contributed by atoms with van der Waals surface area (Å²) in [4.78, 5) is 21.8. The van der Waals surface area contributed by atoms with Gasteiger partial charge in [0.2, 0.25) is 0 Å². The molecule has 0 spiro atoms. The Morgan fingerprint density at radius 3 is 2.62 bits per heavy atom. The van der Waals surface area contributed by atoms with Gasteiger partial charge in [-0.3, -0.25) is 9.59 Å². The highest BCUT2D eigenvalue weighted by Crippen LogP contribution is 2.35. The average molecular weight is 188 g/mol. The van der Waals surface area contributed by atoms with Gasteiger partial charge in [0.1, 0.15) is 6.42 Å². The third-order valence-corrected chi connectivity index (χ3v) is 1.97.